The number of rotatable bonds is 4. The summed E-state index contributed by atoms with van der Waals surface area (Å²) in [5.41, 5.74) is 1.25. The van der Waals surface area contributed by atoms with Gasteiger partial charge < -0.3 is 0 Å². The molecule has 0 spiro atoms. The summed E-state index contributed by atoms with van der Waals surface area (Å²) < 4.78 is 27.0. The van der Waals surface area contributed by atoms with Crippen molar-refractivity contribution in [2.75, 3.05) is 18.4 Å². The number of carbonyl (C=O) groups excluding carboxylic acids is 1. The van der Waals surface area contributed by atoms with Crippen molar-refractivity contribution in [3.8, 4) is 0 Å². The van der Waals surface area contributed by atoms with E-state index in [0.717, 1.165) is 31.4 Å². The van der Waals surface area contributed by atoms with E-state index < -0.39 is 10.0 Å². The molecule has 1 aromatic heterocycles. The Hall–Kier alpha value is -1.77. The Kier molecular flexibility index (Phi) is 5.51. The molecule has 134 valence electrons. The van der Waals surface area contributed by atoms with E-state index in [0.29, 0.717) is 23.8 Å². The van der Waals surface area contributed by atoms with Gasteiger partial charge in [0.15, 0.2) is 5.13 Å². The van der Waals surface area contributed by atoms with E-state index in [9.17, 15) is 13.2 Å². The van der Waals surface area contributed by atoms with Crippen LogP contribution in [0.1, 0.15) is 41.7 Å². The van der Waals surface area contributed by atoms with E-state index in [1.54, 1.807) is 16.4 Å². The lowest BCUT2D eigenvalue weighted by atomic mass is 10.2. The zero-order valence-corrected chi connectivity index (χ0v) is 15.7. The number of amides is 1. The van der Waals surface area contributed by atoms with Crippen LogP contribution in [-0.4, -0.2) is 36.7 Å². The number of carbonyl (C=O) groups is 1. The Labute approximate surface area is 151 Å². The average Bonchev–Trinajstić information content (AvgIpc) is 2.85. The van der Waals surface area contributed by atoms with Gasteiger partial charge in [0.2, 0.25) is 10.0 Å². The van der Waals surface area contributed by atoms with Crippen LogP contribution in [0.15, 0.2) is 34.5 Å². The highest BCUT2D eigenvalue weighted by molar-refractivity contribution is 7.89. The van der Waals surface area contributed by atoms with Gasteiger partial charge in [0.05, 0.1) is 10.6 Å². The molecule has 0 unspecified atom stereocenters. The van der Waals surface area contributed by atoms with Gasteiger partial charge in [0.1, 0.15) is 0 Å². The van der Waals surface area contributed by atoms with Gasteiger partial charge >= 0.3 is 0 Å². The Morgan fingerprint density at radius 2 is 1.76 bits per heavy atom. The van der Waals surface area contributed by atoms with Crippen molar-refractivity contribution in [2.45, 2.75) is 37.5 Å². The molecular weight excluding hydrogens is 358 g/mol. The first-order chi connectivity index (χ1) is 12.0. The van der Waals surface area contributed by atoms with Crippen LogP contribution in [0.25, 0.3) is 0 Å². The van der Waals surface area contributed by atoms with Gasteiger partial charge in [-0.05, 0) is 44.0 Å². The minimum atomic E-state index is -3.49. The summed E-state index contributed by atoms with van der Waals surface area (Å²) in [6.07, 6.45) is 3.93. The fourth-order valence-electron chi connectivity index (χ4n) is 2.79. The summed E-state index contributed by atoms with van der Waals surface area (Å²) in [7, 11) is -3.49. The number of benzene rings is 1. The molecule has 2 heterocycles. The van der Waals surface area contributed by atoms with E-state index in [4.69, 9.17) is 0 Å². The molecule has 0 aliphatic carbocycles. The van der Waals surface area contributed by atoms with E-state index in [1.165, 1.54) is 23.5 Å². The third-order valence-electron chi connectivity index (χ3n) is 4.16. The van der Waals surface area contributed by atoms with Gasteiger partial charge in [0.25, 0.3) is 5.91 Å². The number of anilines is 1. The zero-order chi connectivity index (χ0) is 17.9. The molecular formula is C17H21N3O3S2. The van der Waals surface area contributed by atoms with Gasteiger partial charge in [-0.3, -0.25) is 10.1 Å². The number of aromatic nitrogens is 1. The maximum atomic E-state index is 12.7. The third kappa shape index (κ3) is 4.26. The van der Waals surface area contributed by atoms with Crippen LogP contribution in [-0.2, 0) is 10.0 Å². The number of sulfonamides is 1. The minimum absolute atomic E-state index is 0.232. The van der Waals surface area contributed by atoms with Crippen LogP contribution in [0.2, 0.25) is 0 Å². The van der Waals surface area contributed by atoms with Crippen LogP contribution in [0.4, 0.5) is 5.13 Å². The molecule has 1 aliphatic heterocycles. The smallest absolute Gasteiger partial charge is 0.257 e. The maximum absolute atomic E-state index is 12.7. The second kappa shape index (κ2) is 7.63. The Bertz CT molecular complexity index is 836. The molecule has 0 atom stereocenters. The normalized spacial score (nSPS) is 16.4. The van der Waals surface area contributed by atoms with Crippen molar-refractivity contribution < 1.29 is 13.2 Å². The van der Waals surface area contributed by atoms with E-state index in [1.807, 2.05) is 12.3 Å². The zero-order valence-electron chi connectivity index (χ0n) is 14.1. The van der Waals surface area contributed by atoms with Gasteiger partial charge in [-0.1, -0.05) is 12.8 Å². The summed E-state index contributed by atoms with van der Waals surface area (Å²) in [5, 5.41) is 5.10. The molecule has 6 nitrogen and oxygen atoms in total. The minimum Gasteiger partial charge on any atom is -0.298 e. The summed E-state index contributed by atoms with van der Waals surface area (Å²) in [6.45, 7) is 2.98. The molecule has 1 aliphatic rings. The topological polar surface area (TPSA) is 79.4 Å². The second-order valence-corrected chi connectivity index (χ2v) is 8.89. The molecule has 1 N–H and O–H groups in total. The lowest BCUT2D eigenvalue weighted by Gasteiger charge is -2.20. The number of hydrogen-bond acceptors (Lipinski definition) is 5. The number of hydrogen-bond donors (Lipinski definition) is 1. The lowest BCUT2D eigenvalue weighted by Crippen LogP contribution is -2.31. The summed E-state index contributed by atoms with van der Waals surface area (Å²) in [4.78, 5) is 16.6. The number of thiazole rings is 1. The molecule has 1 amide bonds. The van der Waals surface area contributed by atoms with Crippen LogP contribution in [0, 0.1) is 6.92 Å². The summed E-state index contributed by atoms with van der Waals surface area (Å²) in [5.74, 6) is -0.298. The van der Waals surface area contributed by atoms with Crippen LogP contribution in [0.3, 0.4) is 0 Å². The van der Waals surface area contributed by atoms with E-state index >= 15 is 0 Å². The molecule has 8 heteroatoms. The fraction of sp³-hybridized carbons (Fsp3) is 0.412. The average molecular weight is 380 g/mol. The molecule has 0 bridgehead atoms. The Balaban J connectivity index is 1.73. The van der Waals surface area contributed by atoms with Crippen molar-refractivity contribution in [1.82, 2.24) is 9.29 Å². The standard InChI is InChI=1S/C17H21N3O3S2/c1-13-12-24-17(18-13)19-16(21)14-6-8-15(9-7-14)25(22,23)20-10-4-2-3-5-11-20/h6-9,12H,2-5,10-11H2,1H3,(H,18,19,21). The number of nitrogens with zero attached hydrogens (tertiary/aromatic N) is 2. The first-order valence-electron chi connectivity index (χ1n) is 8.30. The highest BCUT2D eigenvalue weighted by Crippen LogP contribution is 2.21. The van der Waals surface area contributed by atoms with Gasteiger partial charge in [-0.25, -0.2) is 13.4 Å². The van der Waals surface area contributed by atoms with Crippen molar-refractivity contribution >= 4 is 32.4 Å². The first-order valence-corrected chi connectivity index (χ1v) is 10.6. The predicted molar refractivity (Wildman–Crippen MR) is 98.5 cm³/mol. The predicted octanol–water partition coefficient (Wildman–Crippen LogP) is 3.27. The van der Waals surface area contributed by atoms with Crippen molar-refractivity contribution in [3.05, 3.63) is 40.9 Å². The highest BCUT2D eigenvalue weighted by Gasteiger charge is 2.25. The van der Waals surface area contributed by atoms with E-state index in [2.05, 4.69) is 10.3 Å². The second-order valence-electron chi connectivity index (χ2n) is 6.09. The van der Waals surface area contributed by atoms with Gasteiger partial charge in [-0.15, -0.1) is 11.3 Å². The molecule has 3 rings (SSSR count). The molecule has 1 aromatic carbocycles. The molecule has 1 saturated heterocycles. The third-order valence-corrected chi connectivity index (χ3v) is 6.95. The number of aryl methyl sites for hydroxylation is 1. The molecule has 1 fully saturated rings. The fourth-order valence-corrected chi connectivity index (χ4v) is 4.99. The lowest BCUT2D eigenvalue weighted by molar-refractivity contribution is 0.102. The van der Waals surface area contributed by atoms with E-state index in [-0.39, 0.29) is 10.8 Å². The van der Waals surface area contributed by atoms with Crippen molar-refractivity contribution in [2.24, 2.45) is 0 Å². The molecule has 25 heavy (non-hydrogen) atoms. The number of nitrogens with one attached hydrogen (secondary N) is 1. The highest BCUT2D eigenvalue weighted by atomic mass is 32.2. The quantitative estimate of drug-likeness (QED) is 0.884. The molecule has 0 saturated carbocycles. The Morgan fingerprint density at radius 1 is 1.12 bits per heavy atom. The maximum Gasteiger partial charge on any atom is 0.257 e. The van der Waals surface area contributed by atoms with Crippen LogP contribution < -0.4 is 5.32 Å². The monoisotopic (exact) mass is 379 g/mol. The van der Waals surface area contributed by atoms with Crippen LogP contribution in [0.5, 0.6) is 0 Å². The largest absolute Gasteiger partial charge is 0.298 e. The van der Waals surface area contributed by atoms with Crippen molar-refractivity contribution in [1.29, 1.82) is 0 Å². The first kappa shape index (κ1) is 18.0. The van der Waals surface area contributed by atoms with Gasteiger partial charge in [-0.2, -0.15) is 4.31 Å². The SMILES string of the molecule is Cc1csc(NC(=O)c2ccc(S(=O)(=O)N3CCCCCC3)cc2)n1. The molecule has 2 aromatic rings. The van der Waals surface area contributed by atoms with Gasteiger partial charge in [0, 0.05) is 24.0 Å². The van der Waals surface area contributed by atoms with Crippen molar-refractivity contribution in [3.63, 3.8) is 0 Å². The van der Waals surface area contributed by atoms with Crippen LogP contribution >= 0.6 is 11.3 Å². The summed E-state index contributed by atoms with van der Waals surface area (Å²) >= 11 is 1.36. The Morgan fingerprint density at radius 3 is 2.32 bits per heavy atom. The molecule has 0 radical (unpaired) electrons. The summed E-state index contributed by atoms with van der Waals surface area (Å²) in [6, 6.07) is 6.09.